The van der Waals surface area contributed by atoms with Gasteiger partial charge in [0, 0.05) is 0 Å². The van der Waals surface area contributed by atoms with E-state index in [-0.39, 0.29) is 5.57 Å². The summed E-state index contributed by atoms with van der Waals surface area (Å²) in [5.74, 6) is -101. The van der Waals surface area contributed by atoms with Gasteiger partial charge in [0.25, 0.3) is 0 Å². The van der Waals surface area contributed by atoms with Crippen LogP contribution in [-0.4, -0.2) is 83.9 Å². The molecule has 46 heavy (non-hydrogen) atoms. The van der Waals surface area contributed by atoms with E-state index in [4.69, 9.17) is 0 Å². The molecule has 0 amide bonds. The highest BCUT2D eigenvalue weighted by Gasteiger charge is 2.99. The zero-order valence-electron chi connectivity index (χ0n) is 21.1. The van der Waals surface area contributed by atoms with Crippen molar-refractivity contribution in [2.45, 2.75) is 91.1 Å². The van der Waals surface area contributed by atoms with Gasteiger partial charge in [-0.3, -0.25) is 4.79 Å². The van der Waals surface area contributed by atoms with Gasteiger partial charge in [-0.1, -0.05) is 12.2 Å². The largest absolute Gasteiger partial charge is 0.465 e. The van der Waals surface area contributed by atoms with Gasteiger partial charge in [0.1, 0.15) is 0 Å². The van der Waals surface area contributed by atoms with Gasteiger partial charge in [0.2, 0.25) is 0 Å². The van der Waals surface area contributed by atoms with Crippen molar-refractivity contribution in [1.29, 1.82) is 0 Å². The van der Waals surface area contributed by atoms with Crippen LogP contribution >= 0.6 is 0 Å². The Kier molecular flexibility index (Phi) is 10.9. The first kappa shape index (κ1) is 43.5. The number of carbonyl (C=O) groups is 1. The maximum Gasteiger partial charge on any atom is 0.460 e. The molecule has 0 N–H and O–H groups in total. The molecule has 2 nitrogen and oxygen atoms in total. The van der Waals surface area contributed by atoms with E-state index in [1.54, 1.807) is 0 Å². The summed E-state index contributed by atoms with van der Waals surface area (Å²) in [6.45, 7) is 1.84. The van der Waals surface area contributed by atoms with E-state index < -0.39 is 96.7 Å². The Morgan fingerprint density at radius 2 is 0.696 bits per heavy atom. The van der Waals surface area contributed by atoms with Gasteiger partial charge in [0.05, 0.1) is 19.4 Å². The molecule has 0 heterocycles. The fraction of sp³-hybridized carbons (Fsp3) is 0.842. The minimum atomic E-state index is -9.63. The van der Waals surface area contributed by atoms with Crippen LogP contribution in [0.25, 0.3) is 0 Å². The normalized spacial score (nSPS) is 16.0. The molecule has 0 aromatic rings. The number of alkyl halides is 25. The molecule has 0 bridgehead atoms. The molecule has 274 valence electrons. The van der Waals surface area contributed by atoms with E-state index in [1.165, 1.54) is 0 Å². The number of rotatable bonds is 15. The fourth-order valence-corrected chi connectivity index (χ4v) is 2.73. The first-order valence-electron chi connectivity index (χ1n) is 10.6. The van der Waals surface area contributed by atoms with Crippen molar-refractivity contribution in [3.63, 3.8) is 0 Å². The summed E-state index contributed by atoms with van der Waals surface area (Å²) in [5, 5.41) is 0. The molecular weight excluding hydrogens is 735 g/mol. The van der Waals surface area contributed by atoms with Crippen molar-refractivity contribution < 1.29 is 119 Å². The van der Waals surface area contributed by atoms with E-state index >= 15 is 0 Å². The predicted octanol–water partition coefficient (Wildman–Crippen LogP) is 9.44. The monoisotopic (exact) mass is 746 g/mol. The molecule has 27 heteroatoms. The van der Waals surface area contributed by atoms with Gasteiger partial charge in [-0.05, 0) is 6.92 Å². The Labute approximate surface area is 236 Å². The lowest BCUT2D eigenvalue weighted by atomic mass is 9.84. The minimum absolute atomic E-state index is 0.158. The van der Waals surface area contributed by atoms with Gasteiger partial charge < -0.3 is 4.74 Å². The Morgan fingerprint density at radius 1 is 0.457 bits per heavy atom. The molecular formula is C19H11F25O2. The lowest BCUT2D eigenvalue weighted by Gasteiger charge is -2.45. The van der Waals surface area contributed by atoms with Crippen LogP contribution in [0.1, 0.15) is 19.8 Å². The fourth-order valence-electron chi connectivity index (χ4n) is 2.73. The van der Waals surface area contributed by atoms with E-state index in [0.717, 1.165) is 6.92 Å². The van der Waals surface area contributed by atoms with Crippen molar-refractivity contribution in [3.8, 4) is 0 Å². The van der Waals surface area contributed by atoms with Crippen LogP contribution in [0.5, 0.6) is 0 Å². The van der Waals surface area contributed by atoms with E-state index in [1.807, 2.05) is 0 Å². The summed E-state index contributed by atoms with van der Waals surface area (Å²) >= 11 is 0. The van der Waals surface area contributed by atoms with Crippen LogP contribution in [0.2, 0.25) is 0 Å². The highest BCUT2D eigenvalue weighted by molar-refractivity contribution is 5.72. The summed E-state index contributed by atoms with van der Waals surface area (Å²) in [6.07, 6.45) is -12.2. The number of hydrogen-bond donors (Lipinski definition) is 0. The molecule has 0 aliphatic rings. The summed E-state index contributed by atoms with van der Waals surface area (Å²) in [5.41, 5.74) is -0.158. The van der Waals surface area contributed by atoms with Gasteiger partial charge in [-0.25, -0.2) is 0 Å². The second kappa shape index (κ2) is 11.6. The zero-order chi connectivity index (χ0) is 38.0. The highest BCUT2D eigenvalue weighted by atomic mass is 19.4. The second-order valence-electron chi connectivity index (χ2n) is 9.05. The van der Waals surface area contributed by atoms with E-state index in [0.29, 0.717) is 0 Å². The van der Waals surface area contributed by atoms with Crippen molar-refractivity contribution in [2.24, 2.45) is 0 Å². The predicted molar refractivity (Wildman–Crippen MR) is 95.5 cm³/mol. The summed E-state index contributed by atoms with van der Waals surface area (Å²) in [7, 11) is 0. The first-order valence-corrected chi connectivity index (χ1v) is 10.6. The van der Waals surface area contributed by atoms with Crippen molar-refractivity contribution in [3.05, 3.63) is 12.2 Å². The molecule has 0 aromatic carbocycles. The lowest BCUT2D eigenvalue weighted by molar-refractivity contribution is -0.482. The van der Waals surface area contributed by atoms with E-state index in [9.17, 15) is 115 Å². The van der Waals surface area contributed by atoms with Crippen molar-refractivity contribution in [1.82, 2.24) is 0 Å². The number of esters is 1. The molecule has 0 aliphatic heterocycles. The van der Waals surface area contributed by atoms with Crippen molar-refractivity contribution in [2.75, 3.05) is 6.61 Å². The zero-order valence-corrected chi connectivity index (χ0v) is 21.1. The average Bonchev–Trinajstić information content (AvgIpc) is 2.81. The SMILES string of the molecule is C=C(C)CC(=O)OCCC(F)(F)C(F)(F)C(F)(F)C(F)(F)C(F)(F)C(F)(F)C(F)(F)C(F)(F)C(F)(F)C(F)(F)C(F)(F)C(F)(F)F. The molecule has 0 saturated heterocycles. The van der Waals surface area contributed by atoms with Gasteiger partial charge in [-0.15, -0.1) is 0 Å². The molecule has 0 unspecified atom stereocenters. The number of ether oxygens (including phenoxy) is 1. The second-order valence-corrected chi connectivity index (χ2v) is 9.05. The third-order valence-corrected chi connectivity index (χ3v) is 5.49. The van der Waals surface area contributed by atoms with Gasteiger partial charge >= 0.3 is 77.3 Å². The smallest absolute Gasteiger partial charge is 0.460 e. The third-order valence-electron chi connectivity index (χ3n) is 5.49. The Balaban J connectivity index is 7.02. The average molecular weight is 746 g/mol. The summed E-state index contributed by atoms with van der Waals surface area (Å²) in [6, 6.07) is 0. The molecule has 0 rings (SSSR count). The molecule has 0 spiro atoms. The summed E-state index contributed by atoms with van der Waals surface area (Å²) < 4.78 is 338. The topological polar surface area (TPSA) is 26.3 Å². The van der Waals surface area contributed by atoms with Crippen LogP contribution < -0.4 is 0 Å². The molecule has 0 fully saturated rings. The van der Waals surface area contributed by atoms with Crippen LogP contribution in [0.15, 0.2) is 12.2 Å². The van der Waals surface area contributed by atoms with Crippen LogP contribution in [0.4, 0.5) is 110 Å². The third kappa shape index (κ3) is 5.88. The Morgan fingerprint density at radius 3 is 0.935 bits per heavy atom. The molecule has 0 atom stereocenters. The van der Waals surface area contributed by atoms with E-state index in [2.05, 4.69) is 11.3 Å². The maximum atomic E-state index is 13.8. The lowest BCUT2D eigenvalue weighted by Crippen LogP contribution is -2.78. The van der Waals surface area contributed by atoms with Crippen LogP contribution in [0.3, 0.4) is 0 Å². The molecule has 0 aliphatic carbocycles. The van der Waals surface area contributed by atoms with Crippen molar-refractivity contribution >= 4 is 5.97 Å². The first-order chi connectivity index (χ1) is 19.6. The Bertz CT molecular complexity index is 1130. The number of carbonyl (C=O) groups excluding carboxylic acids is 1. The Hall–Kier alpha value is -2.54. The van der Waals surface area contributed by atoms with Gasteiger partial charge in [-0.2, -0.15) is 110 Å². The number of hydrogen-bond acceptors (Lipinski definition) is 2. The maximum absolute atomic E-state index is 13.8. The minimum Gasteiger partial charge on any atom is -0.465 e. The molecule has 0 saturated carbocycles. The quantitative estimate of drug-likeness (QED) is 0.0949. The summed E-state index contributed by atoms with van der Waals surface area (Å²) in [4.78, 5) is 11.1. The molecule has 0 radical (unpaired) electrons. The number of halogens is 25. The molecule has 0 aromatic heterocycles. The van der Waals surface area contributed by atoms with Gasteiger partial charge in [0.15, 0.2) is 0 Å². The standard InChI is InChI=1S/C19H11F25O2/c1-6(2)5-7(45)46-4-3-8(20,21)9(22,23)10(24,25)11(26,27)12(28,29)13(30,31)14(32,33)15(34,35)16(36,37)17(38,39)18(40,41)19(42,43)44/h1,3-5H2,2H3. The van der Waals surface area contributed by atoms with Crippen LogP contribution in [-0.2, 0) is 9.53 Å². The highest BCUT2D eigenvalue weighted by Crippen LogP contribution is 2.67. The van der Waals surface area contributed by atoms with Crippen LogP contribution in [0, 0.1) is 0 Å².